The zero-order valence-corrected chi connectivity index (χ0v) is 9.42. The molecule has 12 heavy (non-hydrogen) atoms. The molecule has 3 unspecified atom stereocenters. The first-order valence-electron chi connectivity index (χ1n) is 5.14. The molecule has 0 aromatic carbocycles. The Labute approximate surface area is 77.5 Å². The first kappa shape index (κ1) is 12.0. The molecule has 0 saturated heterocycles. The lowest BCUT2D eigenvalue weighted by Crippen LogP contribution is -2.26. The van der Waals surface area contributed by atoms with Crippen LogP contribution >= 0.6 is 0 Å². The smallest absolute Gasteiger partial charge is 0.0576 e. The van der Waals surface area contributed by atoms with Crippen LogP contribution in [0.4, 0.5) is 0 Å². The van der Waals surface area contributed by atoms with E-state index in [1.807, 2.05) is 0 Å². The van der Waals surface area contributed by atoms with Crippen LogP contribution in [-0.2, 0) is 4.74 Å². The minimum Gasteiger partial charge on any atom is -0.375 e. The highest BCUT2D eigenvalue weighted by Crippen LogP contribution is 2.15. The molecule has 1 nitrogen and oxygen atoms in total. The predicted molar refractivity (Wildman–Crippen MR) is 54.3 cm³/mol. The lowest BCUT2D eigenvalue weighted by molar-refractivity contribution is -0.0409. The van der Waals surface area contributed by atoms with Crippen molar-refractivity contribution in [3.05, 3.63) is 0 Å². The summed E-state index contributed by atoms with van der Waals surface area (Å²) in [6.45, 7) is 13.2. The monoisotopic (exact) mass is 172 g/mol. The number of rotatable bonds is 5. The number of hydrogen-bond donors (Lipinski definition) is 0. The SMILES string of the molecule is CCC(C)C(C)OC(C)C(C)C. The molecule has 0 heterocycles. The van der Waals surface area contributed by atoms with Gasteiger partial charge in [0.1, 0.15) is 0 Å². The van der Waals surface area contributed by atoms with Gasteiger partial charge in [0.15, 0.2) is 0 Å². The van der Waals surface area contributed by atoms with Gasteiger partial charge >= 0.3 is 0 Å². The van der Waals surface area contributed by atoms with Crippen LogP contribution < -0.4 is 0 Å². The molecule has 0 aromatic heterocycles. The van der Waals surface area contributed by atoms with Crippen LogP contribution in [0, 0.1) is 11.8 Å². The molecule has 3 atom stereocenters. The Morgan fingerprint density at radius 2 is 1.42 bits per heavy atom. The van der Waals surface area contributed by atoms with Crippen molar-refractivity contribution < 1.29 is 4.74 Å². The number of ether oxygens (including phenoxy) is 1. The summed E-state index contributed by atoms with van der Waals surface area (Å²) < 4.78 is 5.86. The Bertz CT molecular complexity index is 110. The summed E-state index contributed by atoms with van der Waals surface area (Å²) in [6, 6.07) is 0. The van der Waals surface area contributed by atoms with Crippen molar-refractivity contribution in [1.29, 1.82) is 0 Å². The fraction of sp³-hybridized carbons (Fsp3) is 1.00. The first-order valence-corrected chi connectivity index (χ1v) is 5.14. The van der Waals surface area contributed by atoms with E-state index in [2.05, 4.69) is 41.5 Å². The van der Waals surface area contributed by atoms with Crippen molar-refractivity contribution >= 4 is 0 Å². The lowest BCUT2D eigenvalue weighted by Gasteiger charge is -2.25. The highest BCUT2D eigenvalue weighted by molar-refractivity contribution is 4.63. The fourth-order valence-corrected chi connectivity index (χ4v) is 0.962. The molecule has 0 radical (unpaired) electrons. The van der Waals surface area contributed by atoms with Gasteiger partial charge < -0.3 is 4.74 Å². The lowest BCUT2D eigenvalue weighted by atomic mass is 10.0. The predicted octanol–water partition coefficient (Wildman–Crippen LogP) is 3.48. The molecule has 1 heteroatoms. The van der Waals surface area contributed by atoms with E-state index in [-0.39, 0.29) is 0 Å². The summed E-state index contributed by atoms with van der Waals surface area (Å²) >= 11 is 0. The Kier molecular flexibility index (Phi) is 5.56. The summed E-state index contributed by atoms with van der Waals surface area (Å²) in [7, 11) is 0. The second-order valence-electron chi connectivity index (χ2n) is 4.18. The Balaban J connectivity index is 3.75. The van der Waals surface area contributed by atoms with Crippen molar-refractivity contribution in [3.8, 4) is 0 Å². The van der Waals surface area contributed by atoms with Crippen molar-refractivity contribution in [1.82, 2.24) is 0 Å². The largest absolute Gasteiger partial charge is 0.375 e. The third-order valence-electron chi connectivity index (χ3n) is 2.81. The molecule has 0 aromatic rings. The van der Waals surface area contributed by atoms with E-state index < -0.39 is 0 Å². The highest BCUT2D eigenvalue weighted by atomic mass is 16.5. The van der Waals surface area contributed by atoms with Crippen LogP contribution in [0.2, 0.25) is 0 Å². The highest BCUT2D eigenvalue weighted by Gasteiger charge is 2.15. The van der Waals surface area contributed by atoms with Gasteiger partial charge in [0.05, 0.1) is 12.2 Å². The van der Waals surface area contributed by atoms with Crippen molar-refractivity contribution in [2.24, 2.45) is 11.8 Å². The third-order valence-corrected chi connectivity index (χ3v) is 2.81. The molecule has 0 saturated carbocycles. The van der Waals surface area contributed by atoms with Gasteiger partial charge in [-0.05, 0) is 25.7 Å². The molecule has 0 aliphatic heterocycles. The zero-order valence-electron chi connectivity index (χ0n) is 9.42. The average Bonchev–Trinajstić information content (AvgIpc) is 2.02. The fourth-order valence-electron chi connectivity index (χ4n) is 0.962. The van der Waals surface area contributed by atoms with Gasteiger partial charge in [-0.15, -0.1) is 0 Å². The van der Waals surface area contributed by atoms with Gasteiger partial charge in [0.25, 0.3) is 0 Å². The molecule has 0 amide bonds. The Hall–Kier alpha value is -0.0400. The molecule has 0 fully saturated rings. The normalized spacial score (nSPS) is 19.2. The van der Waals surface area contributed by atoms with E-state index in [4.69, 9.17) is 4.74 Å². The van der Waals surface area contributed by atoms with Gasteiger partial charge in [-0.1, -0.05) is 34.1 Å². The molecule has 0 N–H and O–H groups in total. The Morgan fingerprint density at radius 3 is 1.75 bits per heavy atom. The molecule has 0 rings (SSSR count). The molecule has 0 aliphatic rings. The number of hydrogen-bond acceptors (Lipinski definition) is 1. The second kappa shape index (κ2) is 5.58. The maximum absolute atomic E-state index is 5.86. The van der Waals surface area contributed by atoms with Crippen molar-refractivity contribution in [3.63, 3.8) is 0 Å². The van der Waals surface area contributed by atoms with Gasteiger partial charge in [0, 0.05) is 0 Å². The van der Waals surface area contributed by atoms with Crippen LogP contribution in [0.25, 0.3) is 0 Å². The molecular weight excluding hydrogens is 148 g/mol. The third kappa shape index (κ3) is 4.10. The molecular formula is C11H24O. The zero-order chi connectivity index (χ0) is 9.72. The van der Waals surface area contributed by atoms with Crippen LogP contribution in [0.1, 0.15) is 48.0 Å². The summed E-state index contributed by atoms with van der Waals surface area (Å²) in [5.74, 6) is 1.29. The minimum absolute atomic E-state index is 0.383. The maximum Gasteiger partial charge on any atom is 0.0576 e. The topological polar surface area (TPSA) is 9.23 Å². The molecule has 0 aliphatic carbocycles. The molecule has 0 spiro atoms. The standard InChI is InChI=1S/C11H24O/c1-7-9(4)11(6)12-10(5)8(2)3/h8-11H,7H2,1-6H3. The Morgan fingerprint density at radius 1 is 0.917 bits per heavy atom. The van der Waals surface area contributed by atoms with Crippen LogP contribution in [0.15, 0.2) is 0 Å². The summed E-state index contributed by atoms with van der Waals surface area (Å²) in [6.07, 6.45) is 1.98. The van der Waals surface area contributed by atoms with Gasteiger partial charge in [-0.3, -0.25) is 0 Å². The van der Waals surface area contributed by atoms with Crippen LogP contribution in [0.5, 0.6) is 0 Å². The van der Waals surface area contributed by atoms with Crippen LogP contribution in [-0.4, -0.2) is 12.2 Å². The van der Waals surface area contributed by atoms with Gasteiger partial charge in [-0.2, -0.15) is 0 Å². The van der Waals surface area contributed by atoms with Crippen molar-refractivity contribution in [2.45, 2.75) is 60.2 Å². The summed E-state index contributed by atoms with van der Waals surface area (Å²) in [5.41, 5.74) is 0. The molecule has 74 valence electrons. The van der Waals surface area contributed by atoms with Gasteiger partial charge in [-0.25, -0.2) is 0 Å². The van der Waals surface area contributed by atoms with E-state index in [9.17, 15) is 0 Å². The van der Waals surface area contributed by atoms with Crippen LogP contribution in [0.3, 0.4) is 0 Å². The van der Waals surface area contributed by atoms with E-state index >= 15 is 0 Å². The second-order valence-corrected chi connectivity index (χ2v) is 4.18. The minimum atomic E-state index is 0.383. The average molecular weight is 172 g/mol. The van der Waals surface area contributed by atoms with E-state index in [1.165, 1.54) is 6.42 Å². The van der Waals surface area contributed by atoms with Crippen molar-refractivity contribution in [2.75, 3.05) is 0 Å². The van der Waals surface area contributed by atoms with E-state index in [0.29, 0.717) is 24.0 Å². The summed E-state index contributed by atoms with van der Waals surface area (Å²) in [5, 5.41) is 0. The molecule has 0 bridgehead atoms. The first-order chi connectivity index (χ1) is 5.49. The summed E-state index contributed by atoms with van der Waals surface area (Å²) in [4.78, 5) is 0. The quantitative estimate of drug-likeness (QED) is 0.617. The van der Waals surface area contributed by atoms with Gasteiger partial charge in [0.2, 0.25) is 0 Å². The van der Waals surface area contributed by atoms with E-state index in [1.54, 1.807) is 0 Å². The van der Waals surface area contributed by atoms with E-state index in [0.717, 1.165) is 0 Å². The maximum atomic E-state index is 5.86.